The van der Waals surface area contributed by atoms with Crippen LogP contribution in [0.25, 0.3) is 66.0 Å². The molecule has 0 aliphatic carbocycles. The molecule has 3 aromatic heterocycles. The summed E-state index contributed by atoms with van der Waals surface area (Å²) in [5.74, 6) is 0. The number of fused-ring (bicyclic) bond motifs is 7. The minimum absolute atomic E-state index is 0.0100. The van der Waals surface area contributed by atoms with Crippen molar-refractivity contribution < 1.29 is 4.42 Å². The van der Waals surface area contributed by atoms with E-state index in [0.717, 1.165) is 22.4 Å². The van der Waals surface area contributed by atoms with Crippen molar-refractivity contribution in [3.05, 3.63) is 131 Å². The molecular formula is C34H22N2O2. The van der Waals surface area contributed by atoms with E-state index in [2.05, 4.69) is 100 Å². The van der Waals surface area contributed by atoms with Gasteiger partial charge in [-0.2, -0.15) is 0 Å². The first-order valence-electron chi connectivity index (χ1n) is 12.7. The molecule has 0 aliphatic heterocycles. The second kappa shape index (κ2) is 7.70. The van der Waals surface area contributed by atoms with Crippen LogP contribution in [0.2, 0.25) is 0 Å². The lowest BCUT2D eigenvalue weighted by molar-refractivity contribution is 0.597. The molecule has 8 aromatic rings. The number of aromatic nitrogens is 2. The molecule has 0 spiro atoms. The molecule has 180 valence electrons. The Labute approximate surface area is 217 Å². The highest BCUT2D eigenvalue weighted by Gasteiger charge is 2.16. The van der Waals surface area contributed by atoms with Crippen LogP contribution in [0.4, 0.5) is 0 Å². The monoisotopic (exact) mass is 490 g/mol. The topological polar surface area (TPSA) is 40.1 Å². The normalized spacial score (nSPS) is 11.9. The van der Waals surface area contributed by atoms with Gasteiger partial charge in [0.15, 0.2) is 5.43 Å². The van der Waals surface area contributed by atoms with Gasteiger partial charge in [0.25, 0.3) is 0 Å². The zero-order valence-electron chi connectivity index (χ0n) is 20.7. The number of benzene rings is 5. The zero-order valence-corrected chi connectivity index (χ0v) is 20.7. The third-order valence-electron chi connectivity index (χ3n) is 7.68. The number of nitrogens with zero attached hydrogens (tertiary/aromatic N) is 2. The molecule has 0 saturated heterocycles. The number of para-hydroxylation sites is 3. The Kier molecular flexibility index (Phi) is 4.27. The van der Waals surface area contributed by atoms with Gasteiger partial charge in [-0.1, -0.05) is 54.6 Å². The SMILES string of the molecule is Cc1coc2cc(-n3c4ccccc4c4cc(-n5c6ccccc6c6ccccc65)ccc43)ccc2c1=O. The van der Waals surface area contributed by atoms with Gasteiger partial charge in [0, 0.05) is 44.5 Å². The van der Waals surface area contributed by atoms with Crippen molar-refractivity contribution in [3.8, 4) is 11.4 Å². The van der Waals surface area contributed by atoms with E-state index in [4.69, 9.17) is 4.42 Å². The molecule has 3 heterocycles. The Morgan fingerprint density at radius 1 is 0.526 bits per heavy atom. The molecule has 0 N–H and O–H groups in total. The molecule has 0 unspecified atom stereocenters. The number of hydrogen-bond donors (Lipinski definition) is 0. The van der Waals surface area contributed by atoms with Crippen molar-refractivity contribution in [2.24, 2.45) is 0 Å². The third kappa shape index (κ3) is 2.83. The molecule has 0 aliphatic rings. The lowest BCUT2D eigenvalue weighted by Crippen LogP contribution is -2.05. The first-order chi connectivity index (χ1) is 18.7. The zero-order chi connectivity index (χ0) is 25.4. The molecule has 0 bridgehead atoms. The van der Waals surface area contributed by atoms with E-state index in [9.17, 15) is 4.79 Å². The van der Waals surface area contributed by atoms with Crippen LogP contribution in [0, 0.1) is 6.92 Å². The van der Waals surface area contributed by atoms with Crippen molar-refractivity contribution in [1.82, 2.24) is 9.13 Å². The fourth-order valence-electron chi connectivity index (χ4n) is 5.93. The molecule has 0 fully saturated rings. The van der Waals surface area contributed by atoms with Gasteiger partial charge in [0.1, 0.15) is 5.58 Å². The van der Waals surface area contributed by atoms with E-state index in [1.54, 1.807) is 13.2 Å². The average molecular weight is 491 g/mol. The van der Waals surface area contributed by atoms with Gasteiger partial charge in [-0.15, -0.1) is 0 Å². The maximum Gasteiger partial charge on any atom is 0.195 e. The Morgan fingerprint density at radius 3 is 1.66 bits per heavy atom. The second-order valence-electron chi connectivity index (χ2n) is 9.85. The van der Waals surface area contributed by atoms with E-state index < -0.39 is 0 Å². The maximum atomic E-state index is 12.6. The molecule has 0 amide bonds. The summed E-state index contributed by atoms with van der Waals surface area (Å²) in [6.45, 7) is 1.78. The molecule has 4 nitrogen and oxygen atoms in total. The van der Waals surface area contributed by atoms with Gasteiger partial charge in [0.05, 0.1) is 33.7 Å². The highest BCUT2D eigenvalue weighted by Crippen LogP contribution is 2.37. The van der Waals surface area contributed by atoms with Crippen LogP contribution in [-0.2, 0) is 0 Å². The molecule has 4 heteroatoms. The van der Waals surface area contributed by atoms with Gasteiger partial charge in [-0.05, 0) is 55.5 Å². The lowest BCUT2D eigenvalue weighted by Gasteiger charge is -2.11. The van der Waals surface area contributed by atoms with Crippen LogP contribution in [0.15, 0.2) is 125 Å². The first-order valence-corrected chi connectivity index (χ1v) is 12.7. The van der Waals surface area contributed by atoms with Crippen LogP contribution in [0.3, 0.4) is 0 Å². The van der Waals surface area contributed by atoms with Gasteiger partial charge in [-0.3, -0.25) is 4.79 Å². The molecular weight excluding hydrogens is 468 g/mol. The first kappa shape index (κ1) is 21.0. The number of aryl methyl sites for hydroxylation is 1. The lowest BCUT2D eigenvalue weighted by atomic mass is 10.1. The molecule has 0 radical (unpaired) electrons. The van der Waals surface area contributed by atoms with Gasteiger partial charge in [-0.25, -0.2) is 0 Å². The van der Waals surface area contributed by atoms with Gasteiger partial charge < -0.3 is 13.6 Å². The molecule has 0 atom stereocenters. The van der Waals surface area contributed by atoms with Crippen LogP contribution in [0.1, 0.15) is 5.56 Å². The van der Waals surface area contributed by atoms with Crippen molar-refractivity contribution >= 4 is 54.6 Å². The molecule has 5 aromatic carbocycles. The third-order valence-corrected chi connectivity index (χ3v) is 7.68. The summed E-state index contributed by atoms with van der Waals surface area (Å²) < 4.78 is 10.4. The summed E-state index contributed by atoms with van der Waals surface area (Å²) in [6.07, 6.45) is 1.54. The summed E-state index contributed by atoms with van der Waals surface area (Å²) in [5, 5.41) is 5.45. The highest BCUT2D eigenvalue weighted by atomic mass is 16.3. The summed E-state index contributed by atoms with van der Waals surface area (Å²) >= 11 is 0. The van der Waals surface area contributed by atoms with Crippen LogP contribution in [-0.4, -0.2) is 9.13 Å². The minimum atomic E-state index is 0.0100. The van der Waals surface area contributed by atoms with Crippen molar-refractivity contribution in [3.63, 3.8) is 0 Å². The molecule has 38 heavy (non-hydrogen) atoms. The van der Waals surface area contributed by atoms with E-state index in [0.29, 0.717) is 16.5 Å². The quantitative estimate of drug-likeness (QED) is 0.245. The predicted octanol–water partition coefficient (Wildman–Crippen LogP) is 8.30. The minimum Gasteiger partial charge on any atom is -0.464 e. The standard InChI is InChI=1S/C34H22N2O2/c1-21-20-38-33-19-23(14-16-27(33)34(21)37)36-31-13-7-4-10-26(31)28-18-22(15-17-32(28)36)35-29-11-5-2-8-24(29)25-9-3-6-12-30(25)35/h2-20H,1H3. The Balaban J connectivity index is 1.43. The fourth-order valence-corrected chi connectivity index (χ4v) is 5.93. The largest absolute Gasteiger partial charge is 0.464 e. The van der Waals surface area contributed by atoms with Crippen LogP contribution >= 0.6 is 0 Å². The van der Waals surface area contributed by atoms with E-state index in [1.165, 1.54) is 32.6 Å². The number of rotatable bonds is 2. The smallest absolute Gasteiger partial charge is 0.195 e. The summed E-state index contributed by atoms with van der Waals surface area (Å²) in [4.78, 5) is 12.6. The van der Waals surface area contributed by atoms with Gasteiger partial charge >= 0.3 is 0 Å². The highest BCUT2D eigenvalue weighted by molar-refractivity contribution is 6.12. The van der Waals surface area contributed by atoms with Crippen molar-refractivity contribution in [1.29, 1.82) is 0 Å². The van der Waals surface area contributed by atoms with Gasteiger partial charge in [0.2, 0.25) is 0 Å². The van der Waals surface area contributed by atoms with Crippen molar-refractivity contribution in [2.75, 3.05) is 0 Å². The summed E-state index contributed by atoms with van der Waals surface area (Å²) in [7, 11) is 0. The molecule has 8 rings (SSSR count). The summed E-state index contributed by atoms with van der Waals surface area (Å²) in [5.41, 5.74) is 7.88. The van der Waals surface area contributed by atoms with Crippen molar-refractivity contribution in [2.45, 2.75) is 6.92 Å². The average Bonchev–Trinajstić information content (AvgIpc) is 3.47. The van der Waals surface area contributed by atoms with E-state index in [-0.39, 0.29) is 5.43 Å². The Bertz CT molecular complexity index is 2230. The molecule has 0 saturated carbocycles. The fraction of sp³-hybridized carbons (Fsp3) is 0.0294. The van der Waals surface area contributed by atoms with E-state index in [1.807, 2.05) is 18.2 Å². The second-order valence-corrected chi connectivity index (χ2v) is 9.85. The maximum absolute atomic E-state index is 12.6. The van der Waals surface area contributed by atoms with E-state index >= 15 is 0 Å². The Hall–Kier alpha value is -5.09. The predicted molar refractivity (Wildman–Crippen MR) is 156 cm³/mol. The van der Waals surface area contributed by atoms with Crippen LogP contribution in [0.5, 0.6) is 0 Å². The number of hydrogen-bond acceptors (Lipinski definition) is 2. The van der Waals surface area contributed by atoms with Crippen LogP contribution < -0.4 is 5.43 Å². The summed E-state index contributed by atoms with van der Waals surface area (Å²) in [6, 6.07) is 38.1. The Morgan fingerprint density at radius 2 is 1.03 bits per heavy atom.